The largest absolute Gasteiger partial charge is 0.385 e. The molecule has 0 radical (unpaired) electrons. The van der Waals surface area contributed by atoms with Crippen molar-refractivity contribution in [2.75, 3.05) is 11.9 Å². The zero-order valence-corrected chi connectivity index (χ0v) is 8.88. The van der Waals surface area contributed by atoms with Crippen LogP contribution >= 0.6 is 0 Å². The van der Waals surface area contributed by atoms with E-state index in [9.17, 15) is 0 Å². The number of rotatable bonds is 3. The Balaban J connectivity index is 0.000000424. The Labute approximate surface area is 81.4 Å². The lowest BCUT2D eigenvalue weighted by Crippen LogP contribution is -1.98. The Bertz CT molecular complexity index is 185. The quantitative estimate of drug-likeness (QED) is 0.771. The number of nitrogens with zero attached hydrogens (tertiary/aromatic N) is 1. The van der Waals surface area contributed by atoms with Crippen LogP contribution in [-0.2, 0) is 0 Å². The second-order valence-corrected chi connectivity index (χ2v) is 2.87. The van der Waals surface area contributed by atoms with Crippen molar-refractivity contribution in [1.29, 1.82) is 0 Å². The van der Waals surface area contributed by atoms with Crippen LogP contribution in [-0.4, -0.2) is 11.5 Å². The first kappa shape index (κ1) is 11.9. The van der Waals surface area contributed by atoms with E-state index < -0.39 is 0 Å². The van der Waals surface area contributed by atoms with Crippen LogP contribution in [0.5, 0.6) is 0 Å². The molecule has 0 amide bonds. The Morgan fingerprint density at radius 2 is 1.69 bits per heavy atom. The molecular formula is C11H20N2. The highest BCUT2D eigenvalue weighted by Crippen LogP contribution is 2.01. The molecule has 0 atom stereocenters. The third kappa shape index (κ3) is 7.32. The van der Waals surface area contributed by atoms with Crippen molar-refractivity contribution in [1.82, 2.24) is 4.98 Å². The number of anilines is 1. The predicted octanol–water partition coefficient (Wildman–Crippen LogP) is 3.32. The molecule has 0 aromatic carbocycles. The third-order valence-electron chi connectivity index (χ3n) is 1.26. The van der Waals surface area contributed by atoms with E-state index in [2.05, 4.69) is 31.1 Å². The summed E-state index contributed by atoms with van der Waals surface area (Å²) in [6.07, 6.45) is 5.98. The second kappa shape index (κ2) is 9.04. The minimum Gasteiger partial charge on any atom is -0.385 e. The van der Waals surface area contributed by atoms with Crippen molar-refractivity contribution in [3.8, 4) is 0 Å². The topological polar surface area (TPSA) is 24.9 Å². The van der Waals surface area contributed by atoms with Gasteiger partial charge in [-0.05, 0) is 18.6 Å². The maximum atomic E-state index is 3.91. The van der Waals surface area contributed by atoms with E-state index in [4.69, 9.17) is 0 Å². The number of hydrogen-bond acceptors (Lipinski definition) is 2. The highest BCUT2D eigenvalue weighted by atomic mass is 14.9. The summed E-state index contributed by atoms with van der Waals surface area (Å²) in [6.45, 7) is 7.43. The van der Waals surface area contributed by atoms with Crippen LogP contribution in [0.2, 0.25) is 0 Å². The van der Waals surface area contributed by atoms with Crippen molar-refractivity contribution in [3.05, 3.63) is 24.5 Å². The summed E-state index contributed by atoms with van der Waals surface area (Å²) >= 11 is 0. The van der Waals surface area contributed by atoms with E-state index >= 15 is 0 Å². The molecule has 0 aliphatic rings. The third-order valence-corrected chi connectivity index (χ3v) is 1.26. The lowest BCUT2D eigenvalue weighted by molar-refractivity contribution is 0.979. The molecule has 1 aromatic heterocycles. The van der Waals surface area contributed by atoms with Gasteiger partial charge in [0, 0.05) is 24.6 Å². The van der Waals surface area contributed by atoms with Gasteiger partial charge in [-0.2, -0.15) is 0 Å². The molecule has 1 aromatic rings. The Hall–Kier alpha value is -1.05. The van der Waals surface area contributed by atoms with E-state index in [1.54, 1.807) is 12.4 Å². The first-order valence-corrected chi connectivity index (χ1v) is 4.99. The van der Waals surface area contributed by atoms with Crippen LogP contribution in [0.1, 0.15) is 33.6 Å². The molecule has 0 spiro atoms. The van der Waals surface area contributed by atoms with Gasteiger partial charge in [0.05, 0.1) is 0 Å². The molecule has 1 N–H and O–H groups in total. The van der Waals surface area contributed by atoms with E-state index in [0.29, 0.717) is 0 Å². The highest BCUT2D eigenvalue weighted by molar-refractivity contribution is 5.40. The van der Waals surface area contributed by atoms with Gasteiger partial charge in [0.2, 0.25) is 0 Å². The molecule has 0 saturated heterocycles. The van der Waals surface area contributed by atoms with Crippen LogP contribution in [0, 0.1) is 0 Å². The molecule has 0 aliphatic heterocycles. The van der Waals surface area contributed by atoms with Crippen molar-refractivity contribution >= 4 is 5.69 Å². The smallest absolute Gasteiger partial charge is 0.0371 e. The standard InChI is InChI=1S/C8H12N2.C3H8/c1-2-5-10-8-3-6-9-7-4-8;1-3-2/h3-4,6-7H,2,5H2,1H3,(H,9,10);3H2,1-2H3. The minimum absolute atomic E-state index is 1.03. The molecule has 0 aliphatic carbocycles. The zero-order chi connectivity index (χ0) is 9.94. The molecule has 0 saturated carbocycles. The van der Waals surface area contributed by atoms with Crippen molar-refractivity contribution in [2.45, 2.75) is 33.6 Å². The number of aromatic nitrogens is 1. The summed E-state index contributed by atoms with van der Waals surface area (Å²) in [7, 11) is 0. The first-order chi connectivity index (χ1) is 6.35. The van der Waals surface area contributed by atoms with Gasteiger partial charge in [0.1, 0.15) is 0 Å². The molecule has 1 heterocycles. The average Bonchev–Trinajstić information content (AvgIpc) is 2.18. The maximum absolute atomic E-state index is 3.91. The van der Waals surface area contributed by atoms with Gasteiger partial charge < -0.3 is 5.32 Å². The van der Waals surface area contributed by atoms with E-state index in [0.717, 1.165) is 18.7 Å². The summed E-state index contributed by atoms with van der Waals surface area (Å²) in [5.41, 5.74) is 1.15. The van der Waals surface area contributed by atoms with Gasteiger partial charge in [0.25, 0.3) is 0 Å². The zero-order valence-electron chi connectivity index (χ0n) is 8.88. The van der Waals surface area contributed by atoms with Crippen LogP contribution in [0.25, 0.3) is 0 Å². The Morgan fingerprint density at radius 1 is 1.15 bits per heavy atom. The lowest BCUT2D eigenvalue weighted by Gasteiger charge is -2.01. The van der Waals surface area contributed by atoms with Crippen LogP contribution in [0.15, 0.2) is 24.5 Å². The van der Waals surface area contributed by atoms with Crippen LogP contribution in [0.4, 0.5) is 5.69 Å². The fourth-order valence-electron chi connectivity index (χ4n) is 0.739. The van der Waals surface area contributed by atoms with E-state index in [1.165, 1.54) is 6.42 Å². The molecule has 2 heteroatoms. The van der Waals surface area contributed by atoms with E-state index in [-0.39, 0.29) is 0 Å². The van der Waals surface area contributed by atoms with Crippen LogP contribution in [0.3, 0.4) is 0 Å². The molecule has 1 rings (SSSR count). The number of nitrogens with one attached hydrogen (secondary N) is 1. The first-order valence-electron chi connectivity index (χ1n) is 4.99. The molecule has 74 valence electrons. The molecular weight excluding hydrogens is 160 g/mol. The van der Waals surface area contributed by atoms with Gasteiger partial charge in [-0.15, -0.1) is 0 Å². The van der Waals surface area contributed by atoms with Gasteiger partial charge >= 0.3 is 0 Å². The Kier molecular flexibility index (Phi) is 8.31. The van der Waals surface area contributed by atoms with Crippen LogP contribution < -0.4 is 5.32 Å². The normalized spacial score (nSPS) is 8.54. The fraction of sp³-hybridized carbons (Fsp3) is 0.545. The lowest BCUT2D eigenvalue weighted by atomic mass is 10.4. The van der Waals surface area contributed by atoms with Crippen molar-refractivity contribution in [3.63, 3.8) is 0 Å². The fourth-order valence-corrected chi connectivity index (χ4v) is 0.739. The van der Waals surface area contributed by atoms with Gasteiger partial charge in [-0.1, -0.05) is 27.2 Å². The molecule has 0 bridgehead atoms. The predicted molar refractivity (Wildman–Crippen MR) is 59.0 cm³/mol. The van der Waals surface area contributed by atoms with E-state index in [1.807, 2.05) is 12.1 Å². The summed E-state index contributed by atoms with van der Waals surface area (Å²) in [5, 5.41) is 3.25. The molecule has 0 unspecified atom stereocenters. The van der Waals surface area contributed by atoms with Gasteiger partial charge in [-0.3, -0.25) is 4.98 Å². The number of pyridine rings is 1. The Morgan fingerprint density at radius 3 is 2.15 bits per heavy atom. The van der Waals surface area contributed by atoms with Gasteiger partial charge in [-0.25, -0.2) is 0 Å². The maximum Gasteiger partial charge on any atom is 0.0371 e. The molecule has 2 nitrogen and oxygen atoms in total. The highest BCUT2D eigenvalue weighted by Gasteiger charge is 1.84. The SMILES string of the molecule is CCC.CCCNc1ccncc1. The summed E-state index contributed by atoms with van der Waals surface area (Å²) in [5.74, 6) is 0. The summed E-state index contributed by atoms with van der Waals surface area (Å²) < 4.78 is 0. The van der Waals surface area contributed by atoms with Crippen molar-refractivity contribution < 1.29 is 0 Å². The minimum atomic E-state index is 1.03. The summed E-state index contributed by atoms with van der Waals surface area (Å²) in [4.78, 5) is 3.91. The summed E-state index contributed by atoms with van der Waals surface area (Å²) in [6, 6.07) is 3.94. The average molecular weight is 180 g/mol. The molecule has 13 heavy (non-hydrogen) atoms. The second-order valence-electron chi connectivity index (χ2n) is 2.87. The van der Waals surface area contributed by atoms with Crippen molar-refractivity contribution in [2.24, 2.45) is 0 Å². The van der Waals surface area contributed by atoms with Gasteiger partial charge in [0.15, 0.2) is 0 Å². The monoisotopic (exact) mass is 180 g/mol. The number of hydrogen-bond donors (Lipinski definition) is 1. The molecule has 0 fully saturated rings.